The second-order valence-electron chi connectivity index (χ2n) is 8.16. The van der Waals surface area contributed by atoms with E-state index in [0.29, 0.717) is 22.2 Å². The minimum Gasteiger partial charge on any atom is -0.477 e. The van der Waals surface area contributed by atoms with Gasteiger partial charge in [-0.2, -0.15) is 0 Å². The van der Waals surface area contributed by atoms with Crippen LogP contribution in [0.1, 0.15) is 25.7 Å². The number of fused-ring (bicyclic) bond motifs is 1. The predicted molar refractivity (Wildman–Crippen MR) is 122 cm³/mol. The summed E-state index contributed by atoms with van der Waals surface area (Å²) in [6.45, 7) is 2.60. The van der Waals surface area contributed by atoms with Crippen molar-refractivity contribution < 1.29 is 14.7 Å². The van der Waals surface area contributed by atoms with Crippen molar-refractivity contribution >= 4 is 41.7 Å². The van der Waals surface area contributed by atoms with Crippen molar-refractivity contribution in [3.8, 4) is 0 Å². The molecule has 1 amide bonds. The fourth-order valence-corrected chi connectivity index (χ4v) is 6.53. The Morgan fingerprint density at radius 3 is 2.84 bits per heavy atom. The molecule has 0 spiro atoms. The molecule has 32 heavy (non-hydrogen) atoms. The van der Waals surface area contributed by atoms with Gasteiger partial charge in [0.1, 0.15) is 11.1 Å². The number of rotatable bonds is 9. The molecule has 4 rings (SSSR count). The van der Waals surface area contributed by atoms with Crippen LogP contribution >= 0.6 is 23.5 Å². The topological polar surface area (TPSA) is 143 Å². The number of nitrogens with zero attached hydrogens (tertiary/aromatic N) is 7. The van der Waals surface area contributed by atoms with Gasteiger partial charge in [-0.05, 0) is 54.1 Å². The summed E-state index contributed by atoms with van der Waals surface area (Å²) in [4.78, 5) is 32.9. The monoisotopic (exact) mass is 480 g/mol. The maximum absolute atomic E-state index is 12.8. The maximum Gasteiger partial charge on any atom is 0.352 e. The van der Waals surface area contributed by atoms with E-state index in [-0.39, 0.29) is 17.0 Å². The van der Waals surface area contributed by atoms with Crippen molar-refractivity contribution in [3.63, 3.8) is 0 Å². The van der Waals surface area contributed by atoms with Gasteiger partial charge in [0, 0.05) is 31.6 Å². The Hall–Kier alpha value is -2.12. The van der Waals surface area contributed by atoms with Crippen LogP contribution in [0.25, 0.3) is 0 Å². The van der Waals surface area contributed by atoms with E-state index in [2.05, 4.69) is 25.4 Å². The van der Waals surface area contributed by atoms with Gasteiger partial charge in [0.05, 0.1) is 6.34 Å². The van der Waals surface area contributed by atoms with E-state index in [4.69, 9.17) is 5.73 Å². The normalized spacial score (nSPS) is 24.2. The third-order valence-electron chi connectivity index (χ3n) is 6.03. The van der Waals surface area contributed by atoms with Crippen molar-refractivity contribution in [2.24, 2.45) is 23.7 Å². The summed E-state index contributed by atoms with van der Waals surface area (Å²) in [6.07, 6.45) is 6.26. The van der Waals surface area contributed by atoms with Crippen molar-refractivity contribution in [2.45, 2.75) is 42.3 Å². The van der Waals surface area contributed by atoms with Gasteiger partial charge in [0.15, 0.2) is 6.04 Å². The highest BCUT2D eigenvalue weighted by Gasteiger charge is 2.53. The van der Waals surface area contributed by atoms with Gasteiger partial charge in [-0.1, -0.05) is 11.8 Å². The van der Waals surface area contributed by atoms with Crippen molar-refractivity contribution in [2.75, 3.05) is 31.1 Å². The number of thioether (sulfide) groups is 2. The van der Waals surface area contributed by atoms with Crippen LogP contribution in [0, 0.1) is 5.92 Å². The third-order valence-corrected chi connectivity index (χ3v) is 8.46. The first-order valence-corrected chi connectivity index (χ1v) is 12.8. The van der Waals surface area contributed by atoms with Crippen LogP contribution in [0.15, 0.2) is 21.4 Å². The minimum absolute atomic E-state index is 0.0774. The molecular formula is C19H28N8O3S2. The summed E-state index contributed by atoms with van der Waals surface area (Å²) < 4.78 is 1.53. The quantitative estimate of drug-likeness (QED) is 0.221. The minimum atomic E-state index is -1.09. The van der Waals surface area contributed by atoms with E-state index in [9.17, 15) is 14.7 Å². The number of likely N-dealkylation sites (tertiary alicyclic amines) is 1. The lowest BCUT2D eigenvalue weighted by Crippen LogP contribution is -2.64. The highest BCUT2D eigenvalue weighted by atomic mass is 32.2. The largest absolute Gasteiger partial charge is 0.477 e. The second-order valence-corrected chi connectivity index (χ2v) is 10.2. The van der Waals surface area contributed by atoms with Crippen LogP contribution in [0.4, 0.5) is 0 Å². The number of β-lactam (4-membered cyclic amide) rings is 1. The number of tetrazole rings is 1. The van der Waals surface area contributed by atoms with Gasteiger partial charge in [-0.25, -0.2) is 9.48 Å². The molecule has 0 radical (unpaired) electrons. The fraction of sp³-hybridized carbons (Fsp3) is 0.684. The van der Waals surface area contributed by atoms with Gasteiger partial charge in [0.2, 0.25) is 5.16 Å². The molecule has 3 aliphatic heterocycles. The molecular weight excluding hydrogens is 452 g/mol. The Labute approximate surface area is 194 Å². The Bertz CT molecular complexity index is 912. The number of aryl methyl sites for hydroxylation is 1. The van der Waals surface area contributed by atoms with Crippen molar-refractivity contribution in [1.82, 2.24) is 30.0 Å². The number of aliphatic carboxylic acids is 1. The van der Waals surface area contributed by atoms with E-state index in [1.54, 1.807) is 25.1 Å². The van der Waals surface area contributed by atoms with Crippen LogP contribution in [-0.2, 0) is 16.6 Å². The Kier molecular flexibility index (Phi) is 7.36. The van der Waals surface area contributed by atoms with Crippen LogP contribution in [0.5, 0.6) is 0 Å². The summed E-state index contributed by atoms with van der Waals surface area (Å²) >= 11 is 2.92. The summed E-state index contributed by atoms with van der Waals surface area (Å²) in [6, 6.07) is -0.526. The molecule has 3 aliphatic rings. The molecule has 0 aromatic carbocycles. The average Bonchev–Trinajstić information content (AvgIpc) is 3.21. The van der Waals surface area contributed by atoms with Gasteiger partial charge in [-0.3, -0.25) is 14.7 Å². The van der Waals surface area contributed by atoms with E-state index < -0.39 is 12.0 Å². The van der Waals surface area contributed by atoms with Gasteiger partial charge < -0.3 is 15.7 Å². The Balaban J connectivity index is 1.36. The first-order chi connectivity index (χ1) is 15.5. The lowest BCUT2D eigenvalue weighted by Gasteiger charge is -2.48. The summed E-state index contributed by atoms with van der Waals surface area (Å²) in [5.41, 5.74) is 6.38. The number of piperidine rings is 1. The SMILES string of the molecule is Cn1nnnc1SCC1=C(C(=O)O)N2C(=O)C(N=CN3CCC(CCCN)CC3)[C@H]2SC1. The summed E-state index contributed by atoms with van der Waals surface area (Å²) in [5.74, 6) is 0.322. The highest BCUT2D eigenvalue weighted by molar-refractivity contribution is 8.01. The molecule has 2 saturated heterocycles. The molecule has 1 aromatic heterocycles. The van der Waals surface area contributed by atoms with Crippen LogP contribution in [0.2, 0.25) is 0 Å². The molecule has 1 unspecified atom stereocenters. The fourth-order valence-electron chi connectivity index (χ4n) is 4.20. The van der Waals surface area contributed by atoms with Crippen LogP contribution in [-0.4, -0.2) is 95.9 Å². The van der Waals surface area contributed by atoms with Crippen LogP contribution < -0.4 is 5.73 Å². The molecule has 2 atom stereocenters. The zero-order chi connectivity index (χ0) is 22.7. The first-order valence-electron chi connectivity index (χ1n) is 10.7. The zero-order valence-corrected chi connectivity index (χ0v) is 19.6. The van der Waals surface area contributed by atoms with Crippen molar-refractivity contribution in [1.29, 1.82) is 0 Å². The van der Waals surface area contributed by atoms with Crippen molar-refractivity contribution in [3.05, 3.63) is 11.3 Å². The van der Waals surface area contributed by atoms with Gasteiger partial charge >= 0.3 is 5.97 Å². The number of hydrogen-bond acceptors (Lipinski definition) is 9. The molecule has 2 fully saturated rings. The lowest BCUT2D eigenvalue weighted by atomic mass is 9.92. The smallest absolute Gasteiger partial charge is 0.352 e. The number of amides is 1. The number of carbonyl (C=O) groups excluding carboxylic acids is 1. The average molecular weight is 481 g/mol. The molecule has 13 heteroatoms. The second kappa shape index (κ2) is 10.2. The first kappa shape index (κ1) is 23.1. The summed E-state index contributed by atoms with van der Waals surface area (Å²) in [5, 5.41) is 21.4. The molecule has 174 valence electrons. The van der Waals surface area contributed by atoms with Gasteiger partial charge in [-0.15, -0.1) is 16.9 Å². The molecule has 3 N–H and O–H groups in total. The number of carbonyl (C=O) groups is 2. The Morgan fingerprint density at radius 2 is 2.19 bits per heavy atom. The number of carboxylic acid groups (broad SMARTS) is 1. The van der Waals surface area contributed by atoms with Gasteiger partial charge in [0.25, 0.3) is 5.91 Å². The number of carboxylic acids is 1. The van der Waals surface area contributed by atoms with E-state index in [1.165, 1.54) is 27.8 Å². The third kappa shape index (κ3) is 4.79. The lowest BCUT2D eigenvalue weighted by molar-refractivity contribution is -0.147. The molecule has 11 nitrogen and oxygen atoms in total. The highest BCUT2D eigenvalue weighted by Crippen LogP contribution is 2.42. The van der Waals surface area contributed by atoms with E-state index in [1.807, 2.05) is 0 Å². The predicted octanol–water partition coefficient (Wildman–Crippen LogP) is 0.404. The molecule has 0 saturated carbocycles. The number of aliphatic imine (C=N–C) groups is 1. The molecule has 4 heterocycles. The number of aromatic nitrogens is 4. The summed E-state index contributed by atoms with van der Waals surface area (Å²) in [7, 11) is 1.73. The van der Waals surface area contributed by atoms with E-state index in [0.717, 1.165) is 44.8 Å². The Morgan fingerprint density at radius 1 is 1.41 bits per heavy atom. The van der Waals surface area contributed by atoms with E-state index >= 15 is 0 Å². The number of nitrogens with two attached hydrogens (primary N) is 1. The molecule has 0 bridgehead atoms. The maximum atomic E-state index is 12.8. The standard InChI is InChI=1S/C19H28N8O3S2/c1-25-19(22-23-24-25)32-10-13-9-31-17-14(16(28)27(17)15(13)18(29)30)21-11-26-7-4-12(5-8-26)3-2-6-20/h11-12,14,17H,2-10,20H2,1H3,(H,29,30)/t14?,17-/m1/s1. The number of hydrogen-bond donors (Lipinski definition) is 2. The van der Waals surface area contributed by atoms with Crippen LogP contribution in [0.3, 0.4) is 0 Å². The zero-order valence-electron chi connectivity index (χ0n) is 18.0. The molecule has 1 aromatic rings. The molecule has 0 aliphatic carbocycles.